The molecule has 1 atom stereocenters. The standard InChI is InChI=1S/C15H23N3O4S.ClH/c1-11-14(23(20,21)18-7-2-3-8-18)9-13(22-11)15(19)17-12-5-4-6-16-10-12;/h9,12,16H,2-8,10H2,1H3,(H,17,19);1H. The van der Waals surface area contributed by atoms with Crippen molar-refractivity contribution in [2.45, 2.75) is 43.5 Å². The van der Waals surface area contributed by atoms with E-state index in [0.29, 0.717) is 13.1 Å². The van der Waals surface area contributed by atoms with Gasteiger partial charge in [0, 0.05) is 31.7 Å². The summed E-state index contributed by atoms with van der Waals surface area (Å²) in [6.07, 6.45) is 3.67. The number of halogens is 1. The van der Waals surface area contributed by atoms with Gasteiger partial charge in [0.05, 0.1) is 0 Å². The highest BCUT2D eigenvalue weighted by Gasteiger charge is 2.32. The van der Waals surface area contributed by atoms with Crippen molar-refractivity contribution >= 4 is 28.3 Å². The van der Waals surface area contributed by atoms with Crippen LogP contribution < -0.4 is 10.6 Å². The largest absolute Gasteiger partial charge is 0.455 e. The van der Waals surface area contributed by atoms with Gasteiger partial charge in [-0.05, 0) is 39.2 Å². The normalized spacial score (nSPS) is 22.1. The minimum Gasteiger partial charge on any atom is -0.455 e. The van der Waals surface area contributed by atoms with E-state index < -0.39 is 10.0 Å². The predicted molar refractivity (Wildman–Crippen MR) is 92.0 cm³/mol. The molecule has 0 bridgehead atoms. The Bertz CT molecular complexity index is 677. The molecule has 3 rings (SSSR count). The van der Waals surface area contributed by atoms with E-state index in [4.69, 9.17) is 4.42 Å². The van der Waals surface area contributed by atoms with Gasteiger partial charge >= 0.3 is 0 Å². The Morgan fingerprint density at radius 1 is 1.33 bits per heavy atom. The fourth-order valence-corrected chi connectivity index (χ4v) is 4.81. The molecule has 1 unspecified atom stereocenters. The molecule has 24 heavy (non-hydrogen) atoms. The van der Waals surface area contributed by atoms with Crippen LogP contribution in [0.3, 0.4) is 0 Å². The zero-order valence-electron chi connectivity index (χ0n) is 13.7. The summed E-state index contributed by atoms with van der Waals surface area (Å²) in [5, 5.41) is 6.11. The highest BCUT2D eigenvalue weighted by Crippen LogP contribution is 2.26. The van der Waals surface area contributed by atoms with E-state index in [1.54, 1.807) is 6.92 Å². The Morgan fingerprint density at radius 3 is 2.67 bits per heavy atom. The van der Waals surface area contributed by atoms with Gasteiger partial charge in [-0.2, -0.15) is 4.31 Å². The molecule has 0 aliphatic carbocycles. The molecule has 1 aromatic heterocycles. The molecule has 9 heteroatoms. The first-order valence-electron chi connectivity index (χ1n) is 8.10. The molecule has 0 radical (unpaired) electrons. The molecule has 2 fully saturated rings. The van der Waals surface area contributed by atoms with Crippen LogP contribution in [0.5, 0.6) is 0 Å². The van der Waals surface area contributed by atoms with Crippen molar-refractivity contribution in [2.24, 2.45) is 0 Å². The number of piperidine rings is 1. The highest BCUT2D eigenvalue weighted by atomic mass is 35.5. The second-order valence-electron chi connectivity index (χ2n) is 6.16. The molecule has 2 N–H and O–H groups in total. The van der Waals surface area contributed by atoms with Crippen molar-refractivity contribution in [3.05, 3.63) is 17.6 Å². The Balaban J connectivity index is 0.00000208. The van der Waals surface area contributed by atoms with Gasteiger partial charge in [-0.1, -0.05) is 0 Å². The van der Waals surface area contributed by atoms with Crippen LogP contribution in [0.25, 0.3) is 0 Å². The molecule has 0 saturated carbocycles. The van der Waals surface area contributed by atoms with Crippen molar-refractivity contribution in [3.63, 3.8) is 0 Å². The maximum absolute atomic E-state index is 12.6. The first-order valence-corrected chi connectivity index (χ1v) is 9.54. The first-order chi connectivity index (χ1) is 11.0. The summed E-state index contributed by atoms with van der Waals surface area (Å²) in [6, 6.07) is 1.41. The van der Waals surface area contributed by atoms with Gasteiger partial charge in [-0.3, -0.25) is 4.79 Å². The number of carbonyl (C=O) groups is 1. The van der Waals surface area contributed by atoms with Crippen LogP contribution in [0, 0.1) is 6.92 Å². The van der Waals surface area contributed by atoms with Gasteiger partial charge in [0.15, 0.2) is 5.76 Å². The fraction of sp³-hybridized carbons (Fsp3) is 0.667. The number of hydrogen-bond acceptors (Lipinski definition) is 5. The molecule has 2 saturated heterocycles. The maximum atomic E-state index is 12.6. The van der Waals surface area contributed by atoms with Crippen molar-refractivity contribution in [1.82, 2.24) is 14.9 Å². The number of hydrogen-bond donors (Lipinski definition) is 2. The van der Waals surface area contributed by atoms with Crippen LogP contribution in [0.4, 0.5) is 0 Å². The zero-order chi connectivity index (χ0) is 16.4. The second-order valence-corrected chi connectivity index (χ2v) is 8.07. The van der Waals surface area contributed by atoms with Crippen LogP contribution in [0.2, 0.25) is 0 Å². The van der Waals surface area contributed by atoms with Crippen LogP contribution in [0.15, 0.2) is 15.4 Å². The van der Waals surface area contributed by atoms with Gasteiger partial charge in [0.1, 0.15) is 10.7 Å². The minimum absolute atomic E-state index is 0. The van der Waals surface area contributed by atoms with Crippen LogP contribution in [0.1, 0.15) is 42.0 Å². The van der Waals surface area contributed by atoms with E-state index in [-0.39, 0.29) is 40.8 Å². The summed E-state index contributed by atoms with van der Waals surface area (Å²) in [7, 11) is -3.57. The van der Waals surface area contributed by atoms with Gasteiger partial charge in [-0.25, -0.2) is 8.42 Å². The molecule has 136 valence electrons. The average Bonchev–Trinajstić information content (AvgIpc) is 3.18. The molecule has 3 heterocycles. The van der Waals surface area contributed by atoms with Gasteiger partial charge in [0.2, 0.25) is 10.0 Å². The lowest BCUT2D eigenvalue weighted by Gasteiger charge is -2.23. The first kappa shape index (κ1) is 19.2. The van der Waals surface area contributed by atoms with Crippen LogP contribution in [-0.4, -0.2) is 50.9 Å². The smallest absolute Gasteiger partial charge is 0.287 e. The fourth-order valence-electron chi connectivity index (χ4n) is 3.13. The summed E-state index contributed by atoms with van der Waals surface area (Å²) in [5.74, 6) is -0.0284. The zero-order valence-corrected chi connectivity index (χ0v) is 15.3. The number of nitrogens with one attached hydrogen (secondary N) is 2. The Morgan fingerprint density at radius 2 is 2.04 bits per heavy atom. The minimum atomic E-state index is -3.57. The van der Waals surface area contributed by atoms with Gasteiger partial charge in [-0.15, -0.1) is 12.4 Å². The van der Waals surface area contributed by atoms with Crippen molar-refractivity contribution < 1.29 is 17.6 Å². The third kappa shape index (κ3) is 3.93. The summed E-state index contributed by atoms with van der Waals surface area (Å²) < 4.78 is 32.1. The van der Waals surface area contributed by atoms with E-state index in [1.165, 1.54) is 10.4 Å². The van der Waals surface area contributed by atoms with E-state index in [1.807, 2.05) is 0 Å². The van der Waals surface area contributed by atoms with Gasteiger partial charge in [0.25, 0.3) is 5.91 Å². The Hall–Kier alpha value is -1.09. The third-order valence-corrected chi connectivity index (χ3v) is 6.42. The Kier molecular flexibility index (Phi) is 6.30. The lowest BCUT2D eigenvalue weighted by atomic mass is 10.1. The van der Waals surface area contributed by atoms with E-state index >= 15 is 0 Å². The number of amides is 1. The second kappa shape index (κ2) is 7.86. The molecule has 0 spiro atoms. The Labute approximate surface area is 148 Å². The topological polar surface area (TPSA) is 91.6 Å². The van der Waals surface area contributed by atoms with E-state index in [0.717, 1.165) is 38.8 Å². The molecular weight excluding hydrogens is 354 g/mol. The number of carbonyl (C=O) groups excluding carboxylic acids is 1. The van der Waals surface area contributed by atoms with Crippen LogP contribution >= 0.6 is 12.4 Å². The molecule has 7 nitrogen and oxygen atoms in total. The highest BCUT2D eigenvalue weighted by molar-refractivity contribution is 7.89. The summed E-state index contributed by atoms with van der Waals surface area (Å²) in [6.45, 7) is 4.33. The maximum Gasteiger partial charge on any atom is 0.287 e. The van der Waals surface area contributed by atoms with Gasteiger partial charge < -0.3 is 15.1 Å². The van der Waals surface area contributed by atoms with Crippen LogP contribution in [-0.2, 0) is 10.0 Å². The number of rotatable bonds is 4. The summed E-state index contributed by atoms with van der Waals surface area (Å²) in [4.78, 5) is 12.4. The molecular formula is C15H24ClN3O4S. The quantitative estimate of drug-likeness (QED) is 0.824. The number of aryl methyl sites for hydroxylation is 1. The molecule has 2 aliphatic rings. The van der Waals surface area contributed by atoms with Crippen molar-refractivity contribution in [2.75, 3.05) is 26.2 Å². The molecule has 2 aliphatic heterocycles. The SMILES string of the molecule is Cc1oc(C(=O)NC2CCCNC2)cc1S(=O)(=O)N1CCCC1.Cl. The van der Waals surface area contributed by atoms with E-state index in [2.05, 4.69) is 10.6 Å². The molecule has 0 aromatic carbocycles. The number of furan rings is 1. The summed E-state index contributed by atoms with van der Waals surface area (Å²) in [5.41, 5.74) is 0. The third-order valence-electron chi connectivity index (χ3n) is 4.41. The summed E-state index contributed by atoms with van der Waals surface area (Å²) >= 11 is 0. The molecule has 1 aromatic rings. The number of sulfonamides is 1. The lowest BCUT2D eigenvalue weighted by Crippen LogP contribution is -2.45. The molecule has 1 amide bonds. The lowest BCUT2D eigenvalue weighted by molar-refractivity contribution is 0.0901. The van der Waals surface area contributed by atoms with Crippen molar-refractivity contribution in [1.29, 1.82) is 0 Å². The van der Waals surface area contributed by atoms with E-state index in [9.17, 15) is 13.2 Å². The predicted octanol–water partition coefficient (Wildman–Crippen LogP) is 1.28. The number of nitrogens with zero attached hydrogens (tertiary/aromatic N) is 1. The average molecular weight is 378 g/mol. The monoisotopic (exact) mass is 377 g/mol. The van der Waals surface area contributed by atoms with Crippen molar-refractivity contribution in [3.8, 4) is 0 Å².